The molecule has 0 aliphatic carbocycles. The molecule has 2 saturated heterocycles. The molecule has 4 heteroatoms. The third-order valence-corrected chi connectivity index (χ3v) is 4.89. The number of fused-ring (bicyclic) bond motifs is 1. The fraction of sp³-hybridized carbons (Fsp3) is 0.600. The summed E-state index contributed by atoms with van der Waals surface area (Å²) >= 11 is 5.88. The summed E-state index contributed by atoms with van der Waals surface area (Å²) in [5.41, 5.74) is 1.10. The van der Waals surface area contributed by atoms with Gasteiger partial charge in [0.2, 0.25) is 0 Å². The molecule has 1 N–H and O–H groups in total. The summed E-state index contributed by atoms with van der Waals surface area (Å²) < 4.78 is 13.2. The molecule has 19 heavy (non-hydrogen) atoms. The van der Waals surface area contributed by atoms with Gasteiger partial charge in [-0.3, -0.25) is 4.90 Å². The molecule has 2 nitrogen and oxygen atoms in total. The molecular formula is C15H20ClFN2. The van der Waals surface area contributed by atoms with Crippen LogP contribution in [0.5, 0.6) is 0 Å². The van der Waals surface area contributed by atoms with Gasteiger partial charge in [-0.25, -0.2) is 4.39 Å². The van der Waals surface area contributed by atoms with Crippen molar-refractivity contribution < 1.29 is 4.39 Å². The summed E-state index contributed by atoms with van der Waals surface area (Å²) in [6.07, 6.45) is 2.61. The van der Waals surface area contributed by atoms with E-state index in [4.69, 9.17) is 11.6 Å². The number of likely N-dealkylation sites (tertiary alicyclic amines) is 1. The van der Waals surface area contributed by atoms with Gasteiger partial charge in [-0.2, -0.15) is 0 Å². The molecule has 1 aromatic rings. The summed E-state index contributed by atoms with van der Waals surface area (Å²) in [4.78, 5) is 2.48. The maximum absolute atomic E-state index is 13.2. The highest BCUT2D eigenvalue weighted by Gasteiger charge is 2.36. The third kappa shape index (κ3) is 2.64. The third-order valence-electron chi connectivity index (χ3n) is 4.60. The zero-order chi connectivity index (χ0) is 13.4. The standard InChI is InChI=1S/C15H20ClFN2/c1-10(11-4-5-14(17)13(16)7-11)19-8-12-3-2-6-18-15(12)9-19/h4-5,7,10,12,15,18H,2-3,6,8-9H2,1H3/t10?,12-,15+/m0/s1. The Bertz CT molecular complexity index is 451. The number of piperidine rings is 1. The fourth-order valence-electron chi connectivity index (χ4n) is 3.38. The molecule has 0 aromatic heterocycles. The topological polar surface area (TPSA) is 15.3 Å². The lowest BCUT2D eigenvalue weighted by atomic mass is 9.94. The molecule has 0 amide bonds. The molecule has 0 radical (unpaired) electrons. The number of hydrogen-bond donors (Lipinski definition) is 1. The highest BCUT2D eigenvalue weighted by Crippen LogP contribution is 2.32. The van der Waals surface area contributed by atoms with Crippen LogP contribution in [0.15, 0.2) is 18.2 Å². The van der Waals surface area contributed by atoms with Crippen LogP contribution < -0.4 is 5.32 Å². The van der Waals surface area contributed by atoms with E-state index in [2.05, 4.69) is 17.1 Å². The maximum Gasteiger partial charge on any atom is 0.141 e. The monoisotopic (exact) mass is 282 g/mol. The Hall–Kier alpha value is -0.640. The summed E-state index contributed by atoms with van der Waals surface area (Å²) in [5.74, 6) is 0.432. The molecule has 1 unspecified atom stereocenters. The van der Waals surface area contributed by atoms with Crippen molar-refractivity contribution >= 4 is 11.6 Å². The highest BCUT2D eigenvalue weighted by molar-refractivity contribution is 6.30. The van der Waals surface area contributed by atoms with E-state index in [0.717, 1.165) is 31.1 Å². The van der Waals surface area contributed by atoms with Crippen LogP contribution in [-0.4, -0.2) is 30.6 Å². The van der Waals surface area contributed by atoms with Crippen LogP contribution in [0.3, 0.4) is 0 Å². The van der Waals surface area contributed by atoms with Gasteiger partial charge >= 0.3 is 0 Å². The van der Waals surface area contributed by atoms with Crippen molar-refractivity contribution in [2.75, 3.05) is 19.6 Å². The lowest BCUT2D eigenvalue weighted by molar-refractivity contribution is 0.250. The largest absolute Gasteiger partial charge is 0.312 e. The molecule has 0 spiro atoms. The Labute approximate surface area is 118 Å². The quantitative estimate of drug-likeness (QED) is 0.896. The van der Waals surface area contributed by atoms with Crippen LogP contribution >= 0.6 is 11.6 Å². The van der Waals surface area contributed by atoms with Crippen molar-refractivity contribution in [2.45, 2.75) is 31.8 Å². The number of nitrogens with zero attached hydrogens (tertiary/aromatic N) is 1. The molecule has 2 aliphatic rings. The minimum Gasteiger partial charge on any atom is -0.312 e. The SMILES string of the molecule is CC(c1ccc(F)c(Cl)c1)N1C[C@@H]2CCCN[C@@H]2C1. The molecule has 3 atom stereocenters. The number of halogens is 2. The van der Waals surface area contributed by atoms with Crippen LogP contribution in [-0.2, 0) is 0 Å². The van der Waals surface area contributed by atoms with Gasteiger partial charge in [-0.15, -0.1) is 0 Å². The molecule has 1 aromatic carbocycles. The Morgan fingerprint density at radius 2 is 2.26 bits per heavy atom. The summed E-state index contributed by atoms with van der Waals surface area (Å²) in [5, 5.41) is 3.83. The number of nitrogens with one attached hydrogen (secondary N) is 1. The van der Waals surface area contributed by atoms with Crippen LogP contribution in [0.2, 0.25) is 5.02 Å². The zero-order valence-corrected chi connectivity index (χ0v) is 12.0. The average molecular weight is 283 g/mol. The van der Waals surface area contributed by atoms with E-state index in [-0.39, 0.29) is 10.8 Å². The van der Waals surface area contributed by atoms with Gasteiger partial charge in [0.15, 0.2) is 0 Å². The van der Waals surface area contributed by atoms with Gasteiger partial charge in [0.1, 0.15) is 5.82 Å². The van der Waals surface area contributed by atoms with E-state index in [1.54, 1.807) is 6.07 Å². The Balaban J connectivity index is 1.73. The normalized spacial score (nSPS) is 29.2. The minimum absolute atomic E-state index is 0.221. The number of rotatable bonds is 2. The van der Waals surface area contributed by atoms with Crippen molar-refractivity contribution in [1.82, 2.24) is 10.2 Å². The van der Waals surface area contributed by atoms with E-state index in [9.17, 15) is 4.39 Å². The molecule has 2 aliphatic heterocycles. The second kappa shape index (κ2) is 5.39. The van der Waals surface area contributed by atoms with Gasteiger partial charge in [0.25, 0.3) is 0 Å². The fourth-order valence-corrected chi connectivity index (χ4v) is 3.57. The molecule has 0 bridgehead atoms. The molecule has 2 fully saturated rings. The van der Waals surface area contributed by atoms with Crippen LogP contribution in [0.25, 0.3) is 0 Å². The van der Waals surface area contributed by atoms with Gasteiger partial charge in [-0.1, -0.05) is 17.7 Å². The molecule has 2 heterocycles. The molecule has 104 valence electrons. The van der Waals surface area contributed by atoms with Crippen LogP contribution in [0.1, 0.15) is 31.4 Å². The molecular weight excluding hydrogens is 263 g/mol. The lowest BCUT2D eigenvalue weighted by Crippen LogP contribution is -2.40. The van der Waals surface area contributed by atoms with Crippen molar-refractivity contribution in [3.8, 4) is 0 Å². The van der Waals surface area contributed by atoms with Crippen molar-refractivity contribution in [1.29, 1.82) is 0 Å². The first-order valence-corrected chi connectivity index (χ1v) is 7.45. The predicted molar refractivity (Wildman–Crippen MR) is 75.9 cm³/mol. The van der Waals surface area contributed by atoms with E-state index in [0.29, 0.717) is 12.1 Å². The Kier molecular flexibility index (Phi) is 3.79. The Morgan fingerprint density at radius 3 is 3.00 bits per heavy atom. The predicted octanol–water partition coefficient (Wildman–Crippen LogP) is 3.22. The van der Waals surface area contributed by atoms with Gasteiger partial charge in [-0.05, 0) is 49.9 Å². The van der Waals surface area contributed by atoms with E-state index >= 15 is 0 Å². The maximum atomic E-state index is 13.2. The van der Waals surface area contributed by atoms with Crippen LogP contribution in [0.4, 0.5) is 4.39 Å². The average Bonchev–Trinajstić information content (AvgIpc) is 2.85. The van der Waals surface area contributed by atoms with Crippen molar-refractivity contribution in [3.63, 3.8) is 0 Å². The Morgan fingerprint density at radius 1 is 1.42 bits per heavy atom. The number of hydrogen-bond acceptors (Lipinski definition) is 2. The summed E-state index contributed by atoms with van der Waals surface area (Å²) in [6.45, 7) is 5.54. The van der Waals surface area contributed by atoms with E-state index < -0.39 is 0 Å². The first kappa shape index (κ1) is 13.3. The van der Waals surface area contributed by atoms with Crippen molar-refractivity contribution in [2.24, 2.45) is 5.92 Å². The van der Waals surface area contributed by atoms with E-state index in [1.165, 1.54) is 18.9 Å². The summed E-state index contributed by atoms with van der Waals surface area (Å²) in [6, 6.07) is 6.01. The minimum atomic E-state index is -0.339. The molecule has 3 rings (SSSR count). The number of benzene rings is 1. The van der Waals surface area contributed by atoms with Gasteiger partial charge in [0.05, 0.1) is 5.02 Å². The lowest BCUT2D eigenvalue weighted by Gasteiger charge is -2.25. The van der Waals surface area contributed by atoms with E-state index in [1.807, 2.05) is 6.07 Å². The first-order chi connectivity index (χ1) is 9.15. The first-order valence-electron chi connectivity index (χ1n) is 7.07. The highest BCUT2D eigenvalue weighted by atomic mass is 35.5. The second-order valence-electron chi connectivity index (χ2n) is 5.77. The summed E-state index contributed by atoms with van der Waals surface area (Å²) in [7, 11) is 0. The second-order valence-corrected chi connectivity index (χ2v) is 6.17. The smallest absolute Gasteiger partial charge is 0.141 e. The van der Waals surface area contributed by atoms with Crippen LogP contribution in [0, 0.1) is 11.7 Å². The van der Waals surface area contributed by atoms with Gasteiger partial charge < -0.3 is 5.32 Å². The van der Waals surface area contributed by atoms with Gasteiger partial charge in [0, 0.05) is 25.2 Å². The zero-order valence-electron chi connectivity index (χ0n) is 11.2. The molecule has 0 saturated carbocycles. The van der Waals surface area contributed by atoms with Crippen molar-refractivity contribution in [3.05, 3.63) is 34.6 Å².